The van der Waals surface area contributed by atoms with E-state index >= 15 is 0 Å². The van der Waals surface area contributed by atoms with Crippen LogP contribution in [0.5, 0.6) is 0 Å². The van der Waals surface area contributed by atoms with Crippen LogP contribution in [0.2, 0.25) is 0 Å². The van der Waals surface area contributed by atoms with Crippen molar-refractivity contribution in [3.63, 3.8) is 0 Å². The molecule has 2 saturated carbocycles. The Morgan fingerprint density at radius 1 is 1.12 bits per heavy atom. The van der Waals surface area contributed by atoms with Crippen LogP contribution in [0.25, 0.3) is 0 Å². The number of rotatable bonds is 1. The van der Waals surface area contributed by atoms with E-state index in [2.05, 4.69) is 5.32 Å². The van der Waals surface area contributed by atoms with Gasteiger partial charge in [0, 0.05) is 12.1 Å². The molecule has 5 aliphatic rings. The van der Waals surface area contributed by atoms with E-state index < -0.39 is 0 Å². The zero-order valence-electron chi connectivity index (χ0n) is 14.3. The summed E-state index contributed by atoms with van der Waals surface area (Å²) in [5.74, 6) is 0.219. The summed E-state index contributed by atoms with van der Waals surface area (Å²) in [6.45, 7) is 0. The minimum atomic E-state index is -0.0206. The Labute approximate surface area is 152 Å². The normalized spacial score (nSPS) is 41.9. The second kappa shape index (κ2) is 6.16. The molecule has 6 heteroatoms. The Bertz CT molecular complexity index is 674. The van der Waals surface area contributed by atoms with E-state index in [0.29, 0.717) is 22.6 Å². The smallest absolute Gasteiger partial charge is 0.262 e. The number of nitrogens with zero attached hydrogens (tertiary/aromatic N) is 1. The van der Waals surface area contributed by atoms with Gasteiger partial charge in [0.25, 0.3) is 5.91 Å². The molecule has 0 aromatic rings. The van der Waals surface area contributed by atoms with E-state index in [1.807, 2.05) is 4.90 Å². The number of hydrogen-bond acceptors (Lipinski definition) is 5. The summed E-state index contributed by atoms with van der Waals surface area (Å²) >= 11 is 1.56. The largest absolute Gasteiger partial charge is 0.497 e. The molecule has 2 saturated heterocycles. The van der Waals surface area contributed by atoms with Crippen LogP contribution in [0.3, 0.4) is 0 Å². The number of ether oxygens (including phenoxy) is 1. The summed E-state index contributed by atoms with van der Waals surface area (Å²) in [5, 5.41) is 3.60. The van der Waals surface area contributed by atoms with Crippen LogP contribution in [0, 0.1) is 5.92 Å². The SMILES string of the molecule is O=C1C(/C=C2\SC3NC4CCCCC4N3C2=O)=COC2CCCCC12. The highest BCUT2D eigenvalue weighted by Crippen LogP contribution is 2.44. The van der Waals surface area contributed by atoms with Gasteiger partial charge in [-0.05, 0) is 38.2 Å². The highest BCUT2D eigenvalue weighted by atomic mass is 32.2. The van der Waals surface area contributed by atoms with Gasteiger partial charge in [0.15, 0.2) is 5.78 Å². The zero-order chi connectivity index (χ0) is 17.0. The van der Waals surface area contributed by atoms with Crippen LogP contribution >= 0.6 is 11.8 Å². The van der Waals surface area contributed by atoms with E-state index in [4.69, 9.17) is 4.74 Å². The number of Topliss-reactive ketones (excluding diaryl/α,β-unsaturated/α-hetero) is 1. The molecule has 0 spiro atoms. The Hall–Kier alpha value is -1.27. The molecule has 134 valence electrons. The fourth-order valence-corrected chi connectivity index (χ4v) is 6.31. The van der Waals surface area contributed by atoms with E-state index in [-0.39, 0.29) is 29.2 Å². The highest BCUT2D eigenvalue weighted by Gasteiger charge is 2.50. The Kier molecular flexibility index (Phi) is 3.93. The zero-order valence-corrected chi connectivity index (χ0v) is 15.1. The number of allylic oxidation sites excluding steroid dienone is 2. The topological polar surface area (TPSA) is 58.6 Å². The summed E-state index contributed by atoms with van der Waals surface area (Å²) in [6.07, 6.45) is 12.2. The lowest BCUT2D eigenvalue weighted by Gasteiger charge is -2.33. The molecule has 25 heavy (non-hydrogen) atoms. The lowest BCUT2D eigenvalue weighted by molar-refractivity contribution is -0.127. The van der Waals surface area contributed by atoms with Gasteiger partial charge in [-0.25, -0.2) is 0 Å². The number of ketones is 1. The van der Waals surface area contributed by atoms with Gasteiger partial charge in [-0.1, -0.05) is 31.0 Å². The average Bonchev–Trinajstić information content (AvgIpc) is 3.14. The van der Waals surface area contributed by atoms with Crippen molar-refractivity contribution in [3.8, 4) is 0 Å². The maximum absolute atomic E-state index is 12.9. The lowest BCUT2D eigenvalue weighted by Crippen LogP contribution is -2.41. The van der Waals surface area contributed by atoms with Crippen molar-refractivity contribution in [1.29, 1.82) is 0 Å². The Balaban J connectivity index is 1.37. The standard InChI is InChI=1S/C19H24N2O3S/c22-17-11(10-24-15-8-4-1-5-12(15)17)9-16-18(23)21-14-7-3-2-6-13(14)20-19(21)25-16/h9-10,12-15,19-20H,1-8H2/b16-9-. The van der Waals surface area contributed by atoms with E-state index in [1.54, 1.807) is 24.1 Å². The maximum Gasteiger partial charge on any atom is 0.262 e. The van der Waals surface area contributed by atoms with Crippen LogP contribution in [0.4, 0.5) is 0 Å². The molecule has 0 aromatic carbocycles. The summed E-state index contributed by atoms with van der Waals surface area (Å²) in [5.41, 5.74) is 0.606. The van der Waals surface area contributed by atoms with E-state index in [0.717, 1.165) is 38.5 Å². The van der Waals surface area contributed by atoms with Crippen molar-refractivity contribution in [2.75, 3.05) is 0 Å². The van der Waals surface area contributed by atoms with Gasteiger partial charge in [-0.2, -0.15) is 0 Å². The minimum Gasteiger partial charge on any atom is -0.497 e. The first kappa shape index (κ1) is 15.9. The molecule has 3 heterocycles. The molecule has 1 N–H and O–H groups in total. The third-order valence-corrected chi connectivity index (χ3v) is 7.49. The number of amides is 1. The van der Waals surface area contributed by atoms with Gasteiger partial charge in [0.2, 0.25) is 0 Å². The fourth-order valence-electron chi connectivity index (χ4n) is 5.06. The molecule has 0 bridgehead atoms. The molecule has 5 unspecified atom stereocenters. The van der Waals surface area contributed by atoms with Gasteiger partial charge in [-0.15, -0.1) is 0 Å². The minimum absolute atomic E-state index is 0.0206. The monoisotopic (exact) mass is 360 g/mol. The van der Waals surface area contributed by atoms with Crippen LogP contribution < -0.4 is 5.32 Å². The van der Waals surface area contributed by atoms with Crippen molar-refractivity contribution in [2.24, 2.45) is 5.92 Å². The van der Waals surface area contributed by atoms with Crippen LogP contribution in [-0.2, 0) is 14.3 Å². The predicted octanol–water partition coefficient (Wildman–Crippen LogP) is 2.69. The summed E-state index contributed by atoms with van der Waals surface area (Å²) < 4.78 is 5.81. The number of thioether (sulfide) groups is 1. The third-order valence-electron chi connectivity index (χ3n) is 6.36. The van der Waals surface area contributed by atoms with E-state index in [9.17, 15) is 9.59 Å². The quantitative estimate of drug-likeness (QED) is 0.729. The average molecular weight is 360 g/mol. The van der Waals surface area contributed by atoms with Crippen molar-refractivity contribution >= 4 is 23.5 Å². The molecule has 0 aromatic heterocycles. The van der Waals surface area contributed by atoms with Gasteiger partial charge < -0.3 is 9.64 Å². The van der Waals surface area contributed by atoms with Gasteiger partial charge >= 0.3 is 0 Å². The number of fused-ring (bicyclic) bond motifs is 4. The predicted molar refractivity (Wildman–Crippen MR) is 95.4 cm³/mol. The number of hydrogen-bond donors (Lipinski definition) is 1. The lowest BCUT2D eigenvalue weighted by atomic mass is 9.80. The molecule has 4 fully saturated rings. The molecule has 1 amide bonds. The summed E-state index contributed by atoms with van der Waals surface area (Å²) in [6, 6.07) is 0.762. The van der Waals surface area contributed by atoms with Crippen molar-refractivity contribution in [2.45, 2.75) is 75.1 Å². The number of nitrogens with one attached hydrogen (secondary N) is 1. The molecule has 5 rings (SSSR count). The first-order valence-corrected chi connectivity index (χ1v) is 10.5. The van der Waals surface area contributed by atoms with Crippen LogP contribution in [0.1, 0.15) is 51.4 Å². The molecule has 2 aliphatic carbocycles. The molecule has 3 aliphatic heterocycles. The summed E-state index contributed by atoms with van der Waals surface area (Å²) in [4.78, 5) is 28.4. The molecule has 0 radical (unpaired) electrons. The van der Waals surface area contributed by atoms with Gasteiger partial charge in [-0.3, -0.25) is 14.9 Å². The first-order valence-electron chi connectivity index (χ1n) is 9.59. The molecular weight excluding hydrogens is 336 g/mol. The number of carbonyl (C=O) groups excluding carboxylic acids is 2. The summed E-state index contributed by atoms with van der Waals surface area (Å²) in [7, 11) is 0. The maximum atomic E-state index is 12.9. The second-order valence-corrected chi connectivity index (χ2v) is 8.94. The molecular formula is C19H24N2O3S. The number of carbonyl (C=O) groups is 2. The van der Waals surface area contributed by atoms with Crippen LogP contribution in [-0.4, -0.2) is 40.3 Å². The third kappa shape index (κ3) is 2.56. The van der Waals surface area contributed by atoms with Crippen LogP contribution in [0.15, 0.2) is 22.8 Å². The van der Waals surface area contributed by atoms with Gasteiger partial charge in [0.05, 0.1) is 22.7 Å². The first-order chi connectivity index (χ1) is 12.2. The Morgan fingerprint density at radius 2 is 1.92 bits per heavy atom. The molecule has 5 atom stereocenters. The highest BCUT2D eigenvalue weighted by molar-refractivity contribution is 8.05. The van der Waals surface area contributed by atoms with Gasteiger partial charge in [0.1, 0.15) is 11.6 Å². The van der Waals surface area contributed by atoms with Crippen molar-refractivity contribution < 1.29 is 14.3 Å². The van der Waals surface area contributed by atoms with E-state index in [1.165, 1.54) is 12.8 Å². The van der Waals surface area contributed by atoms with Crippen molar-refractivity contribution in [3.05, 3.63) is 22.8 Å². The molecule has 5 nitrogen and oxygen atoms in total. The fraction of sp³-hybridized carbons (Fsp3) is 0.684. The second-order valence-electron chi connectivity index (χ2n) is 7.82. The van der Waals surface area contributed by atoms with Crippen molar-refractivity contribution in [1.82, 2.24) is 10.2 Å². The Morgan fingerprint density at radius 3 is 2.84 bits per heavy atom.